The summed E-state index contributed by atoms with van der Waals surface area (Å²) < 4.78 is 0. The number of piperidine rings is 1. The van der Waals surface area contributed by atoms with E-state index in [-0.39, 0.29) is 17.9 Å². The largest absolute Gasteiger partial charge is 0.354 e. The second-order valence-corrected chi connectivity index (χ2v) is 4.21. The fourth-order valence-corrected chi connectivity index (χ4v) is 1.51. The van der Waals surface area contributed by atoms with Gasteiger partial charge in [-0.2, -0.15) is 0 Å². The highest BCUT2D eigenvalue weighted by atomic mass is 16.2. The molecule has 0 aliphatic carbocycles. The van der Waals surface area contributed by atoms with Gasteiger partial charge in [0.2, 0.25) is 11.8 Å². The van der Waals surface area contributed by atoms with E-state index in [0.29, 0.717) is 25.3 Å². The molecule has 0 aromatic rings. The quantitative estimate of drug-likeness (QED) is 0.690. The van der Waals surface area contributed by atoms with E-state index < -0.39 is 0 Å². The Morgan fingerprint density at radius 2 is 2.36 bits per heavy atom. The average Bonchev–Trinajstić information content (AvgIpc) is 2.07. The first-order valence-corrected chi connectivity index (χ1v) is 5.14. The molecule has 1 rings (SSSR count). The van der Waals surface area contributed by atoms with E-state index in [2.05, 4.69) is 10.6 Å². The second kappa shape index (κ2) is 4.98. The summed E-state index contributed by atoms with van der Waals surface area (Å²) in [5.74, 6) is 0.550. The highest BCUT2D eigenvalue weighted by Gasteiger charge is 2.19. The van der Waals surface area contributed by atoms with Crippen LogP contribution < -0.4 is 10.6 Å². The molecule has 4 heteroatoms. The van der Waals surface area contributed by atoms with Crippen molar-refractivity contribution in [1.29, 1.82) is 0 Å². The topological polar surface area (TPSA) is 58.2 Å². The van der Waals surface area contributed by atoms with Crippen molar-refractivity contribution in [2.24, 2.45) is 5.92 Å². The SMILES string of the molecule is CC(C)CC(=O)NC1CCC(=O)NC1. The van der Waals surface area contributed by atoms with Crippen molar-refractivity contribution in [3.63, 3.8) is 0 Å². The molecule has 0 bridgehead atoms. The molecular formula is C10H18N2O2. The van der Waals surface area contributed by atoms with Crippen molar-refractivity contribution in [1.82, 2.24) is 10.6 Å². The van der Waals surface area contributed by atoms with Gasteiger partial charge < -0.3 is 10.6 Å². The fraction of sp³-hybridized carbons (Fsp3) is 0.800. The predicted molar refractivity (Wildman–Crippen MR) is 53.6 cm³/mol. The van der Waals surface area contributed by atoms with E-state index in [1.165, 1.54) is 0 Å². The number of carbonyl (C=O) groups excluding carboxylic acids is 2. The van der Waals surface area contributed by atoms with Crippen LogP contribution in [0.15, 0.2) is 0 Å². The zero-order valence-corrected chi connectivity index (χ0v) is 8.80. The lowest BCUT2D eigenvalue weighted by Crippen LogP contribution is -2.47. The highest BCUT2D eigenvalue weighted by molar-refractivity contribution is 5.79. The molecule has 1 saturated heterocycles. The molecule has 0 radical (unpaired) electrons. The molecule has 2 amide bonds. The molecular weight excluding hydrogens is 180 g/mol. The minimum atomic E-state index is 0.0827. The number of hydrogen-bond donors (Lipinski definition) is 2. The van der Waals surface area contributed by atoms with Crippen LogP contribution in [0.5, 0.6) is 0 Å². The van der Waals surface area contributed by atoms with Gasteiger partial charge in [-0.25, -0.2) is 0 Å². The summed E-state index contributed by atoms with van der Waals surface area (Å²) in [6, 6.07) is 0.124. The Kier molecular flexibility index (Phi) is 3.92. The molecule has 0 aromatic carbocycles. The van der Waals surface area contributed by atoms with Gasteiger partial charge in [-0.1, -0.05) is 13.8 Å². The maximum absolute atomic E-state index is 11.4. The lowest BCUT2D eigenvalue weighted by atomic mass is 10.1. The van der Waals surface area contributed by atoms with Crippen LogP contribution in [0.3, 0.4) is 0 Å². The normalized spacial score (nSPS) is 21.9. The Labute approximate surface area is 84.4 Å². The molecule has 14 heavy (non-hydrogen) atoms. The number of rotatable bonds is 3. The first-order chi connectivity index (χ1) is 6.58. The van der Waals surface area contributed by atoms with E-state index in [4.69, 9.17) is 0 Å². The Bertz CT molecular complexity index is 216. The maximum Gasteiger partial charge on any atom is 0.220 e. The van der Waals surface area contributed by atoms with Gasteiger partial charge in [0.25, 0.3) is 0 Å². The molecule has 4 nitrogen and oxygen atoms in total. The van der Waals surface area contributed by atoms with Gasteiger partial charge in [0.05, 0.1) is 0 Å². The van der Waals surface area contributed by atoms with Gasteiger partial charge in [0.1, 0.15) is 0 Å². The van der Waals surface area contributed by atoms with Crippen molar-refractivity contribution in [3.05, 3.63) is 0 Å². The van der Waals surface area contributed by atoms with Crippen molar-refractivity contribution < 1.29 is 9.59 Å². The van der Waals surface area contributed by atoms with Gasteiger partial charge in [-0.3, -0.25) is 9.59 Å². The minimum Gasteiger partial charge on any atom is -0.354 e. The monoisotopic (exact) mass is 198 g/mol. The van der Waals surface area contributed by atoms with Crippen molar-refractivity contribution in [2.45, 2.75) is 39.2 Å². The first kappa shape index (κ1) is 11.0. The van der Waals surface area contributed by atoms with Crippen LogP contribution in [0.2, 0.25) is 0 Å². The molecule has 0 spiro atoms. The van der Waals surface area contributed by atoms with Gasteiger partial charge >= 0.3 is 0 Å². The summed E-state index contributed by atoms with van der Waals surface area (Å²) >= 11 is 0. The van der Waals surface area contributed by atoms with Gasteiger partial charge in [0.15, 0.2) is 0 Å². The number of amides is 2. The zero-order chi connectivity index (χ0) is 10.6. The summed E-state index contributed by atoms with van der Waals surface area (Å²) in [6.45, 7) is 4.60. The van der Waals surface area contributed by atoms with Crippen LogP contribution in [-0.2, 0) is 9.59 Å². The molecule has 1 unspecified atom stereocenters. The summed E-state index contributed by atoms with van der Waals surface area (Å²) in [6.07, 6.45) is 1.84. The van der Waals surface area contributed by atoms with Crippen LogP contribution in [0.4, 0.5) is 0 Å². The molecule has 1 aliphatic rings. The molecule has 80 valence electrons. The summed E-state index contributed by atoms with van der Waals surface area (Å²) in [5, 5.41) is 5.65. The van der Waals surface area contributed by atoms with E-state index in [0.717, 1.165) is 6.42 Å². The van der Waals surface area contributed by atoms with Crippen LogP contribution in [0.25, 0.3) is 0 Å². The third-order valence-corrected chi connectivity index (χ3v) is 2.22. The van der Waals surface area contributed by atoms with Gasteiger partial charge in [0, 0.05) is 25.4 Å². The van der Waals surface area contributed by atoms with Crippen LogP contribution in [0.1, 0.15) is 33.1 Å². The zero-order valence-electron chi connectivity index (χ0n) is 8.80. The summed E-state index contributed by atoms with van der Waals surface area (Å²) in [4.78, 5) is 22.2. The lowest BCUT2D eigenvalue weighted by Gasteiger charge is -2.23. The molecule has 0 aromatic heterocycles. The minimum absolute atomic E-state index is 0.0827. The predicted octanol–water partition coefficient (Wildman–Crippen LogP) is 0.427. The van der Waals surface area contributed by atoms with Gasteiger partial charge in [-0.05, 0) is 12.3 Å². The number of carbonyl (C=O) groups is 2. The molecule has 1 heterocycles. The van der Waals surface area contributed by atoms with Crippen molar-refractivity contribution in [3.8, 4) is 0 Å². The van der Waals surface area contributed by atoms with Crippen LogP contribution >= 0.6 is 0 Å². The number of hydrogen-bond acceptors (Lipinski definition) is 2. The smallest absolute Gasteiger partial charge is 0.220 e. The Morgan fingerprint density at radius 3 is 2.86 bits per heavy atom. The van der Waals surface area contributed by atoms with Crippen molar-refractivity contribution >= 4 is 11.8 Å². The second-order valence-electron chi connectivity index (χ2n) is 4.21. The van der Waals surface area contributed by atoms with E-state index in [9.17, 15) is 9.59 Å². The number of nitrogens with one attached hydrogen (secondary N) is 2. The third kappa shape index (κ3) is 3.77. The third-order valence-electron chi connectivity index (χ3n) is 2.22. The molecule has 0 saturated carbocycles. The summed E-state index contributed by atoms with van der Waals surface area (Å²) in [5.41, 5.74) is 0. The summed E-state index contributed by atoms with van der Waals surface area (Å²) in [7, 11) is 0. The maximum atomic E-state index is 11.4. The molecule has 2 N–H and O–H groups in total. The Balaban J connectivity index is 2.24. The highest BCUT2D eigenvalue weighted by Crippen LogP contribution is 2.04. The van der Waals surface area contributed by atoms with E-state index in [1.54, 1.807) is 0 Å². The molecule has 1 aliphatic heterocycles. The molecule has 1 atom stereocenters. The van der Waals surface area contributed by atoms with Gasteiger partial charge in [-0.15, -0.1) is 0 Å². The van der Waals surface area contributed by atoms with E-state index >= 15 is 0 Å². The lowest BCUT2D eigenvalue weighted by molar-refractivity contribution is -0.126. The van der Waals surface area contributed by atoms with Crippen LogP contribution in [0, 0.1) is 5.92 Å². The average molecular weight is 198 g/mol. The van der Waals surface area contributed by atoms with Crippen molar-refractivity contribution in [2.75, 3.05) is 6.54 Å². The van der Waals surface area contributed by atoms with Crippen LogP contribution in [-0.4, -0.2) is 24.4 Å². The Morgan fingerprint density at radius 1 is 1.64 bits per heavy atom. The first-order valence-electron chi connectivity index (χ1n) is 5.14. The standard InChI is InChI=1S/C10H18N2O2/c1-7(2)5-10(14)12-8-3-4-9(13)11-6-8/h7-8H,3-6H2,1-2H3,(H,11,13)(H,12,14). The molecule has 1 fully saturated rings. The van der Waals surface area contributed by atoms with E-state index in [1.807, 2.05) is 13.8 Å². The fourth-order valence-electron chi connectivity index (χ4n) is 1.51. The Hall–Kier alpha value is -1.06.